The van der Waals surface area contributed by atoms with Crippen molar-refractivity contribution in [2.45, 2.75) is 25.5 Å². The van der Waals surface area contributed by atoms with E-state index in [-0.39, 0.29) is 6.10 Å². The molecule has 0 N–H and O–H groups in total. The third kappa shape index (κ3) is 3.35. The van der Waals surface area contributed by atoms with E-state index in [1.165, 1.54) is 5.69 Å². The first kappa shape index (κ1) is 15.5. The van der Waals surface area contributed by atoms with Crippen LogP contribution in [0, 0.1) is 0 Å². The van der Waals surface area contributed by atoms with Crippen molar-refractivity contribution in [1.82, 2.24) is 14.7 Å². The zero-order valence-corrected chi connectivity index (χ0v) is 13.8. The van der Waals surface area contributed by atoms with Gasteiger partial charge in [-0.3, -0.25) is 9.58 Å². The van der Waals surface area contributed by atoms with Crippen molar-refractivity contribution in [3.8, 4) is 0 Å². The first-order chi connectivity index (χ1) is 10.6. The summed E-state index contributed by atoms with van der Waals surface area (Å²) in [6.07, 6.45) is 2.90. The van der Waals surface area contributed by atoms with Gasteiger partial charge < -0.3 is 4.74 Å². The van der Waals surface area contributed by atoms with Gasteiger partial charge in [0, 0.05) is 55.1 Å². The molecule has 2 aromatic rings. The van der Waals surface area contributed by atoms with Gasteiger partial charge in [0.1, 0.15) is 0 Å². The highest BCUT2D eigenvalue weighted by atomic mass is 35.5. The Morgan fingerprint density at radius 2 is 2.14 bits per heavy atom. The molecule has 0 saturated carbocycles. The number of hydrogen-bond acceptors (Lipinski definition) is 3. The highest BCUT2D eigenvalue weighted by Crippen LogP contribution is 2.29. The Kier molecular flexibility index (Phi) is 4.81. The van der Waals surface area contributed by atoms with E-state index in [9.17, 15) is 0 Å². The van der Waals surface area contributed by atoms with Crippen LogP contribution in [-0.2, 0) is 18.2 Å². The number of halogens is 1. The second-order valence-corrected chi connectivity index (χ2v) is 6.29. The standard InChI is InChI=1S/C17H22ClN3O/c1-13-12-22-17(15-5-3-4-6-16(15)18)11-21(13)10-8-14-7-9-19-20(14)2/h3-7,9,13,17H,8,10-12H2,1-2H3/t13-,17+/m1/s1. The van der Waals surface area contributed by atoms with Gasteiger partial charge in [-0.05, 0) is 19.1 Å². The van der Waals surface area contributed by atoms with Crippen LogP contribution in [0.2, 0.25) is 5.02 Å². The molecule has 3 rings (SSSR count). The van der Waals surface area contributed by atoms with Crippen LogP contribution in [0.25, 0.3) is 0 Å². The highest BCUT2D eigenvalue weighted by molar-refractivity contribution is 6.31. The van der Waals surface area contributed by atoms with Crippen LogP contribution in [0.4, 0.5) is 0 Å². The number of nitrogens with zero attached hydrogens (tertiary/aromatic N) is 3. The molecule has 1 saturated heterocycles. The van der Waals surface area contributed by atoms with Gasteiger partial charge in [-0.1, -0.05) is 29.8 Å². The summed E-state index contributed by atoms with van der Waals surface area (Å²) < 4.78 is 7.95. The Balaban J connectivity index is 1.66. The third-order valence-corrected chi connectivity index (χ3v) is 4.74. The minimum absolute atomic E-state index is 0.0523. The Bertz CT molecular complexity index is 628. The van der Waals surface area contributed by atoms with Gasteiger partial charge in [-0.25, -0.2) is 0 Å². The van der Waals surface area contributed by atoms with Crippen LogP contribution in [0.5, 0.6) is 0 Å². The van der Waals surface area contributed by atoms with Crippen LogP contribution in [0.3, 0.4) is 0 Å². The summed E-state index contributed by atoms with van der Waals surface area (Å²) in [5.41, 5.74) is 2.34. The molecule has 0 aliphatic carbocycles. The zero-order valence-electron chi connectivity index (χ0n) is 13.1. The molecule has 1 aromatic carbocycles. The molecule has 1 aliphatic heterocycles. The van der Waals surface area contributed by atoms with Crippen molar-refractivity contribution in [2.24, 2.45) is 7.05 Å². The largest absolute Gasteiger partial charge is 0.371 e. The fraction of sp³-hybridized carbons (Fsp3) is 0.471. The smallest absolute Gasteiger partial charge is 0.0967 e. The van der Waals surface area contributed by atoms with Crippen molar-refractivity contribution in [3.05, 3.63) is 52.8 Å². The van der Waals surface area contributed by atoms with Crippen LogP contribution in [0.15, 0.2) is 36.5 Å². The van der Waals surface area contributed by atoms with Crippen LogP contribution >= 0.6 is 11.6 Å². The van der Waals surface area contributed by atoms with Crippen molar-refractivity contribution in [2.75, 3.05) is 19.7 Å². The number of benzene rings is 1. The monoisotopic (exact) mass is 319 g/mol. The molecule has 0 amide bonds. The number of aromatic nitrogens is 2. The number of aryl methyl sites for hydroxylation is 1. The Morgan fingerprint density at radius 3 is 2.86 bits per heavy atom. The van der Waals surface area contributed by atoms with Gasteiger partial charge in [0.15, 0.2) is 0 Å². The predicted octanol–water partition coefficient (Wildman–Crippen LogP) is 3.08. The van der Waals surface area contributed by atoms with Gasteiger partial charge in [0.25, 0.3) is 0 Å². The summed E-state index contributed by atoms with van der Waals surface area (Å²) in [6.45, 7) is 4.83. The summed E-state index contributed by atoms with van der Waals surface area (Å²) in [7, 11) is 1.99. The molecule has 0 bridgehead atoms. The molecule has 5 heteroatoms. The second kappa shape index (κ2) is 6.82. The first-order valence-electron chi connectivity index (χ1n) is 7.72. The van der Waals surface area contributed by atoms with E-state index in [4.69, 9.17) is 16.3 Å². The van der Waals surface area contributed by atoms with Gasteiger partial charge in [-0.15, -0.1) is 0 Å². The Labute approximate surface area is 136 Å². The van der Waals surface area contributed by atoms with E-state index in [1.807, 2.05) is 36.1 Å². The number of ether oxygens (including phenoxy) is 1. The SMILES string of the molecule is C[C@@H]1CO[C@H](c2ccccc2Cl)CN1CCc1ccnn1C. The summed E-state index contributed by atoms with van der Waals surface area (Å²) in [4.78, 5) is 2.48. The van der Waals surface area contributed by atoms with Gasteiger partial charge in [0.05, 0.1) is 12.7 Å². The zero-order chi connectivity index (χ0) is 15.5. The lowest BCUT2D eigenvalue weighted by Crippen LogP contribution is -2.46. The lowest BCUT2D eigenvalue weighted by molar-refractivity contribution is -0.0595. The lowest BCUT2D eigenvalue weighted by Gasteiger charge is -2.38. The van der Waals surface area contributed by atoms with E-state index in [0.717, 1.165) is 36.7 Å². The molecular weight excluding hydrogens is 298 g/mol. The van der Waals surface area contributed by atoms with E-state index >= 15 is 0 Å². The van der Waals surface area contributed by atoms with Crippen molar-refractivity contribution < 1.29 is 4.74 Å². The van der Waals surface area contributed by atoms with E-state index in [1.54, 1.807) is 0 Å². The molecule has 1 fully saturated rings. The topological polar surface area (TPSA) is 30.3 Å². The van der Waals surface area contributed by atoms with Gasteiger partial charge >= 0.3 is 0 Å². The van der Waals surface area contributed by atoms with Crippen LogP contribution < -0.4 is 0 Å². The predicted molar refractivity (Wildman–Crippen MR) is 88.1 cm³/mol. The van der Waals surface area contributed by atoms with E-state index in [0.29, 0.717) is 6.04 Å². The maximum atomic E-state index is 6.31. The normalized spacial score (nSPS) is 22.9. The van der Waals surface area contributed by atoms with Crippen molar-refractivity contribution in [1.29, 1.82) is 0 Å². The second-order valence-electron chi connectivity index (χ2n) is 5.88. The number of hydrogen-bond donors (Lipinski definition) is 0. The first-order valence-corrected chi connectivity index (χ1v) is 8.10. The molecule has 2 heterocycles. The third-order valence-electron chi connectivity index (χ3n) is 4.39. The lowest BCUT2D eigenvalue weighted by atomic mass is 10.1. The molecule has 0 radical (unpaired) electrons. The molecule has 2 atom stereocenters. The maximum Gasteiger partial charge on any atom is 0.0967 e. The fourth-order valence-corrected chi connectivity index (χ4v) is 3.20. The van der Waals surface area contributed by atoms with E-state index in [2.05, 4.69) is 29.1 Å². The number of morpholine rings is 1. The molecule has 118 valence electrons. The fourth-order valence-electron chi connectivity index (χ4n) is 2.95. The Hall–Kier alpha value is -1.36. The molecular formula is C17H22ClN3O. The summed E-state index contributed by atoms with van der Waals surface area (Å²) in [5, 5.41) is 5.02. The minimum atomic E-state index is 0.0523. The van der Waals surface area contributed by atoms with Crippen LogP contribution in [0.1, 0.15) is 24.3 Å². The molecule has 22 heavy (non-hydrogen) atoms. The summed E-state index contributed by atoms with van der Waals surface area (Å²) in [6, 6.07) is 10.5. The minimum Gasteiger partial charge on any atom is -0.371 e. The molecule has 0 spiro atoms. The molecule has 4 nitrogen and oxygen atoms in total. The Morgan fingerprint density at radius 1 is 1.32 bits per heavy atom. The van der Waals surface area contributed by atoms with Crippen LogP contribution in [-0.4, -0.2) is 40.4 Å². The molecule has 0 unspecified atom stereocenters. The van der Waals surface area contributed by atoms with Gasteiger partial charge in [0.2, 0.25) is 0 Å². The van der Waals surface area contributed by atoms with Crippen molar-refractivity contribution in [3.63, 3.8) is 0 Å². The summed E-state index contributed by atoms with van der Waals surface area (Å²) >= 11 is 6.31. The van der Waals surface area contributed by atoms with E-state index < -0.39 is 0 Å². The average Bonchev–Trinajstić information content (AvgIpc) is 2.92. The number of rotatable bonds is 4. The van der Waals surface area contributed by atoms with Gasteiger partial charge in [-0.2, -0.15) is 5.10 Å². The molecule has 1 aliphatic rings. The van der Waals surface area contributed by atoms with Crippen molar-refractivity contribution >= 4 is 11.6 Å². The maximum absolute atomic E-state index is 6.31. The molecule has 1 aromatic heterocycles. The quantitative estimate of drug-likeness (QED) is 0.867. The highest BCUT2D eigenvalue weighted by Gasteiger charge is 2.28. The summed E-state index contributed by atoms with van der Waals surface area (Å²) in [5.74, 6) is 0. The average molecular weight is 320 g/mol.